The fourth-order valence-electron chi connectivity index (χ4n) is 2.99. The summed E-state index contributed by atoms with van der Waals surface area (Å²) in [6, 6.07) is 0.915. The number of H-pyrrole nitrogens is 1. The molecule has 160 valence electrons. The van der Waals surface area contributed by atoms with Crippen molar-refractivity contribution in [1.29, 1.82) is 0 Å². The summed E-state index contributed by atoms with van der Waals surface area (Å²) in [5, 5.41) is 4.17. The molecule has 0 spiro atoms. The Morgan fingerprint density at radius 2 is 1.97 bits per heavy atom. The third-order valence-corrected chi connectivity index (χ3v) is 4.88. The lowest BCUT2D eigenvalue weighted by Gasteiger charge is -2.18. The number of rotatable bonds is 7. The highest BCUT2D eigenvalue weighted by Gasteiger charge is 2.29. The zero-order valence-electron chi connectivity index (χ0n) is 16.6. The SMILES string of the molecule is CC(C)c1cnc(-c2c[nH]c3ncc(Cl)cc23)nc1N[C@@H](C)C(=O)CCC(F)(F)F. The number of alkyl halides is 3. The van der Waals surface area contributed by atoms with E-state index >= 15 is 0 Å². The average molecular weight is 440 g/mol. The van der Waals surface area contributed by atoms with E-state index in [9.17, 15) is 18.0 Å². The number of ketones is 1. The second kappa shape index (κ2) is 8.59. The van der Waals surface area contributed by atoms with Crippen molar-refractivity contribution in [3.63, 3.8) is 0 Å². The quantitative estimate of drug-likeness (QED) is 0.507. The lowest BCUT2D eigenvalue weighted by molar-refractivity contribution is -0.143. The molecule has 2 N–H and O–H groups in total. The summed E-state index contributed by atoms with van der Waals surface area (Å²) in [5.41, 5.74) is 2.05. The van der Waals surface area contributed by atoms with E-state index in [-0.39, 0.29) is 5.92 Å². The highest BCUT2D eigenvalue weighted by molar-refractivity contribution is 6.31. The van der Waals surface area contributed by atoms with Gasteiger partial charge in [-0.2, -0.15) is 13.2 Å². The van der Waals surface area contributed by atoms with Crippen molar-refractivity contribution in [2.45, 2.75) is 51.7 Å². The molecule has 0 aliphatic carbocycles. The normalized spacial score (nSPS) is 13.1. The molecule has 0 bridgehead atoms. The largest absolute Gasteiger partial charge is 0.389 e. The number of halogens is 4. The molecule has 0 unspecified atom stereocenters. The molecule has 0 saturated carbocycles. The fraction of sp³-hybridized carbons (Fsp3) is 0.400. The topological polar surface area (TPSA) is 83.6 Å². The molecule has 0 radical (unpaired) electrons. The molecule has 10 heteroatoms. The number of carbonyl (C=O) groups excluding carboxylic acids is 1. The van der Waals surface area contributed by atoms with Gasteiger partial charge in [-0.1, -0.05) is 25.4 Å². The third-order valence-electron chi connectivity index (χ3n) is 4.67. The van der Waals surface area contributed by atoms with Crippen LogP contribution in [0.15, 0.2) is 24.7 Å². The first-order valence-electron chi connectivity index (χ1n) is 9.41. The van der Waals surface area contributed by atoms with Gasteiger partial charge in [0.05, 0.1) is 17.5 Å². The van der Waals surface area contributed by atoms with Crippen LogP contribution in [0.3, 0.4) is 0 Å². The van der Waals surface area contributed by atoms with E-state index in [1.54, 1.807) is 18.5 Å². The van der Waals surface area contributed by atoms with Gasteiger partial charge in [-0.15, -0.1) is 0 Å². The van der Waals surface area contributed by atoms with Gasteiger partial charge < -0.3 is 10.3 Å². The molecule has 0 saturated heterocycles. The van der Waals surface area contributed by atoms with Crippen molar-refractivity contribution >= 4 is 34.2 Å². The molecule has 3 rings (SSSR count). The molecule has 0 fully saturated rings. The summed E-state index contributed by atoms with van der Waals surface area (Å²) in [7, 11) is 0. The Kier molecular flexibility index (Phi) is 6.30. The van der Waals surface area contributed by atoms with Crippen LogP contribution in [0.25, 0.3) is 22.4 Å². The molecule has 0 aliphatic rings. The van der Waals surface area contributed by atoms with E-state index in [2.05, 4.69) is 25.3 Å². The predicted molar refractivity (Wildman–Crippen MR) is 110 cm³/mol. The maximum Gasteiger partial charge on any atom is 0.389 e. The number of hydrogen-bond acceptors (Lipinski definition) is 5. The van der Waals surface area contributed by atoms with Gasteiger partial charge in [0.1, 0.15) is 11.5 Å². The van der Waals surface area contributed by atoms with Crippen molar-refractivity contribution in [2.75, 3.05) is 5.32 Å². The summed E-state index contributed by atoms with van der Waals surface area (Å²) < 4.78 is 37.3. The number of anilines is 1. The molecule has 3 aromatic rings. The summed E-state index contributed by atoms with van der Waals surface area (Å²) in [6.45, 7) is 5.41. The zero-order valence-corrected chi connectivity index (χ0v) is 17.4. The number of pyridine rings is 1. The maximum absolute atomic E-state index is 12.4. The molecular formula is C20H21ClF3N5O. The maximum atomic E-state index is 12.4. The van der Waals surface area contributed by atoms with Gasteiger partial charge in [0.2, 0.25) is 0 Å². The first kappa shape index (κ1) is 22.0. The first-order chi connectivity index (χ1) is 14.0. The molecule has 3 heterocycles. The summed E-state index contributed by atoms with van der Waals surface area (Å²) in [6.07, 6.45) is -1.22. The van der Waals surface area contributed by atoms with Crippen molar-refractivity contribution in [3.8, 4) is 11.4 Å². The number of nitrogens with one attached hydrogen (secondary N) is 2. The van der Waals surface area contributed by atoms with Crippen LogP contribution in [-0.4, -0.2) is 37.9 Å². The Hall–Kier alpha value is -2.68. The monoisotopic (exact) mass is 439 g/mol. The number of hydrogen-bond donors (Lipinski definition) is 2. The molecule has 6 nitrogen and oxygen atoms in total. The van der Waals surface area contributed by atoms with Crippen molar-refractivity contribution in [1.82, 2.24) is 19.9 Å². The fourth-order valence-corrected chi connectivity index (χ4v) is 3.15. The zero-order chi connectivity index (χ0) is 22.1. The Morgan fingerprint density at radius 3 is 2.63 bits per heavy atom. The van der Waals surface area contributed by atoms with Crippen LogP contribution in [0, 0.1) is 0 Å². The molecule has 3 aromatic heterocycles. The van der Waals surface area contributed by atoms with Crippen LogP contribution >= 0.6 is 11.6 Å². The summed E-state index contributed by atoms with van der Waals surface area (Å²) >= 11 is 6.05. The van der Waals surface area contributed by atoms with Gasteiger partial charge in [0.25, 0.3) is 0 Å². The van der Waals surface area contributed by atoms with Crippen LogP contribution < -0.4 is 5.32 Å². The van der Waals surface area contributed by atoms with Crippen LogP contribution in [0.2, 0.25) is 5.02 Å². The van der Waals surface area contributed by atoms with Crippen molar-refractivity contribution in [3.05, 3.63) is 35.2 Å². The van der Waals surface area contributed by atoms with Crippen LogP contribution in [0.1, 0.15) is 45.1 Å². The molecule has 0 aliphatic heterocycles. The van der Waals surface area contributed by atoms with Crippen molar-refractivity contribution in [2.24, 2.45) is 0 Å². The van der Waals surface area contributed by atoms with Gasteiger partial charge in [0.15, 0.2) is 11.6 Å². The van der Waals surface area contributed by atoms with Gasteiger partial charge >= 0.3 is 6.18 Å². The van der Waals surface area contributed by atoms with E-state index in [0.717, 1.165) is 10.9 Å². The predicted octanol–water partition coefficient (Wildman–Crippen LogP) is 5.51. The van der Waals surface area contributed by atoms with E-state index in [0.29, 0.717) is 27.9 Å². The second-order valence-corrected chi connectivity index (χ2v) is 7.79. The van der Waals surface area contributed by atoms with Crippen LogP contribution in [-0.2, 0) is 4.79 Å². The minimum atomic E-state index is -4.37. The smallest absolute Gasteiger partial charge is 0.360 e. The molecule has 0 amide bonds. The van der Waals surface area contributed by atoms with Crippen LogP contribution in [0.5, 0.6) is 0 Å². The molecule has 1 atom stereocenters. The highest BCUT2D eigenvalue weighted by atomic mass is 35.5. The lowest BCUT2D eigenvalue weighted by Crippen LogP contribution is -2.28. The van der Waals surface area contributed by atoms with E-state index in [4.69, 9.17) is 11.6 Å². The average Bonchev–Trinajstić information content (AvgIpc) is 3.08. The molecule has 30 heavy (non-hydrogen) atoms. The Labute approximate surface area is 176 Å². The minimum absolute atomic E-state index is 0.0399. The standard InChI is InChI=1S/C20H21ClF3N5O/c1-10(2)14-8-27-18(15-9-26-17-13(15)6-12(21)7-25-17)29-19(14)28-11(3)16(30)4-5-20(22,23)24/h6-11H,4-5H2,1-3H3,(H,25,26)(H,27,28,29)/t11-/m0/s1. The van der Waals surface area contributed by atoms with Gasteiger partial charge in [0, 0.05) is 41.5 Å². The van der Waals surface area contributed by atoms with Gasteiger partial charge in [-0.25, -0.2) is 15.0 Å². The lowest BCUT2D eigenvalue weighted by atomic mass is 10.0. The van der Waals surface area contributed by atoms with E-state index < -0.39 is 30.8 Å². The van der Waals surface area contributed by atoms with E-state index in [1.165, 1.54) is 13.1 Å². The Bertz CT molecular complexity index is 1060. The highest BCUT2D eigenvalue weighted by Crippen LogP contribution is 2.30. The number of aromatic nitrogens is 4. The number of aromatic amines is 1. The summed E-state index contributed by atoms with van der Waals surface area (Å²) in [4.78, 5) is 28.4. The number of Topliss-reactive ketones (excluding diaryl/α,β-unsaturated/α-hetero) is 1. The number of fused-ring (bicyclic) bond motifs is 1. The second-order valence-electron chi connectivity index (χ2n) is 7.35. The third kappa shape index (κ3) is 5.08. The van der Waals surface area contributed by atoms with E-state index in [1.807, 2.05) is 13.8 Å². The van der Waals surface area contributed by atoms with Gasteiger partial charge in [-0.05, 0) is 18.9 Å². The summed E-state index contributed by atoms with van der Waals surface area (Å²) in [5.74, 6) is 0.294. The first-order valence-corrected chi connectivity index (χ1v) is 9.79. The Morgan fingerprint density at radius 1 is 1.23 bits per heavy atom. The van der Waals surface area contributed by atoms with Gasteiger partial charge in [-0.3, -0.25) is 4.79 Å². The Balaban J connectivity index is 1.91. The molecular weight excluding hydrogens is 419 g/mol. The minimum Gasteiger partial charge on any atom is -0.360 e. The number of carbonyl (C=O) groups is 1. The van der Waals surface area contributed by atoms with Crippen LogP contribution in [0.4, 0.5) is 19.0 Å². The molecule has 0 aromatic carbocycles. The van der Waals surface area contributed by atoms with Crippen molar-refractivity contribution < 1.29 is 18.0 Å². The number of nitrogens with zero attached hydrogens (tertiary/aromatic N) is 3.